The third kappa shape index (κ3) is 5.19. The van der Waals surface area contributed by atoms with Crippen LogP contribution >= 0.6 is 11.6 Å². The van der Waals surface area contributed by atoms with Gasteiger partial charge in [0.25, 0.3) is 5.91 Å². The van der Waals surface area contributed by atoms with Crippen molar-refractivity contribution in [2.75, 3.05) is 13.7 Å². The number of hydrogen-bond donors (Lipinski definition) is 1. The summed E-state index contributed by atoms with van der Waals surface area (Å²) < 4.78 is 23.1. The standard InChI is InChI=1S/C18H17ClFNO4/c1-11(12-3-6-14(24-2)7-4-12)21-17(22)10-25-18(23)13-5-8-16(20)15(19)9-13/h3-9,11H,10H2,1-2H3,(H,21,22)/t11-/m1/s1. The zero-order chi connectivity index (χ0) is 18.4. The highest BCUT2D eigenvalue weighted by Crippen LogP contribution is 2.18. The minimum Gasteiger partial charge on any atom is -0.497 e. The van der Waals surface area contributed by atoms with Crippen molar-refractivity contribution in [3.05, 3.63) is 64.4 Å². The highest BCUT2D eigenvalue weighted by atomic mass is 35.5. The summed E-state index contributed by atoms with van der Waals surface area (Å²) in [6.07, 6.45) is 0. The van der Waals surface area contributed by atoms with Gasteiger partial charge in [-0.1, -0.05) is 23.7 Å². The number of nitrogens with one attached hydrogen (secondary N) is 1. The lowest BCUT2D eigenvalue weighted by molar-refractivity contribution is -0.124. The van der Waals surface area contributed by atoms with Crippen LogP contribution in [0.4, 0.5) is 4.39 Å². The van der Waals surface area contributed by atoms with E-state index in [1.807, 2.05) is 12.1 Å². The Morgan fingerprint density at radius 2 is 1.88 bits per heavy atom. The summed E-state index contributed by atoms with van der Waals surface area (Å²) in [5.41, 5.74) is 0.952. The van der Waals surface area contributed by atoms with E-state index in [1.165, 1.54) is 6.07 Å². The Labute approximate surface area is 149 Å². The van der Waals surface area contributed by atoms with Crippen molar-refractivity contribution in [3.8, 4) is 5.75 Å². The normalized spacial score (nSPS) is 11.5. The van der Waals surface area contributed by atoms with Crippen LogP contribution in [0, 0.1) is 5.82 Å². The fraction of sp³-hybridized carbons (Fsp3) is 0.222. The number of hydrogen-bond acceptors (Lipinski definition) is 4. The molecule has 0 radical (unpaired) electrons. The van der Waals surface area contributed by atoms with E-state index >= 15 is 0 Å². The van der Waals surface area contributed by atoms with Gasteiger partial charge in [-0.2, -0.15) is 0 Å². The van der Waals surface area contributed by atoms with E-state index in [-0.39, 0.29) is 16.6 Å². The van der Waals surface area contributed by atoms with Crippen LogP contribution in [0.15, 0.2) is 42.5 Å². The molecule has 1 atom stereocenters. The van der Waals surface area contributed by atoms with Crippen LogP contribution in [0.5, 0.6) is 5.75 Å². The molecule has 0 aliphatic heterocycles. The molecule has 0 aliphatic carbocycles. The fourth-order valence-corrected chi connectivity index (χ4v) is 2.28. The van der Waals surface area contributed by atoms with Gasteiger partial charge in [-0.3, -0.25) is 4.79 Å². The SMILES string of the molecule is COc1ccc([C@@H](C)NC(=O)COC(=O)c2ccc(F)c(Cl)c2)cc1. The maximum Gasteiger partial charge on any atom is 0.338 e. The number of halogens is 2. The van der Waals surface area contributed by atoms with Crippen LogP contribution < -0.4 is 10.1 Å². The average molecular weight is 366 g/mol. The van der Waals surface area contributed by atoms with Crippen LogP contribution in [-0.2, 0) is 9.53 Å². The topological polar surface area (TPSA) is 64.6 Å². The molecule has 0 fully saturated rings. The Hall–Kier alpha value is -2.60. The largest absolute Gasteiger partial charge is 0.497 e. The Morgan fingerprint density at radius 3 is 2.48 bits per heavy atom. The molecule has 7 heteroatoms. The van der Waals surface area contributed by atoms with Gasteiger partial charge in [0, 0.05) is 0 Å². The summed E-state index contributed by atoms with van der Waals surface area (Å²) in [7, 11) is 1.57. The lowest BCUT2D eigenvalue weighted by Crippen LogP contribution is -2.31. The summed E-state index contributed by atoms with van der Waals surface area (Å²) in [5.74, 6) is -1.13. The van der Waals surface area contributed by atoms with Crippen LogP contribution in [0.25, 0.3) is 0 Å². The van der Waals surface area contributed by atoms with Crippen molar-refractivity contribution in [2.45, 2.75) is 13.0 Å². The number of amides is 1. The Morgan fingerprint density at radius 1 is 1.20 bits per heavy atom. The second-order valence-corrected chi connectivity index (χ2v) is 5.67. The maximum atomic E-state index is 13.1. The van der Waals surface area contributed by atoms with Gasteiger partial charge in [0.2, 0.25) is 0 Å². The summed E-state index contributed by atoms with van der Waals surface area (Å²) in [6.45, 7) is 1.36. The minimum atomic E-state index is -0.755. The fourth-order valence-electron chi connectivity index (χ4n) is 2.10. The van der Waals surface area contributed by atoms with Gasteiger partial charge in [-0.15, -0.1) is 0 Å². The lowest BCUT2D eigenvalue weighted by atomic mass is 10.1. The third-order valence-electron chi connectivity index (χ3n) is 3.48. The Balaban J connectivity index is 1.86. The molecule has 2 aromatic carbocycles. The van der Waals surface area contributed by atoms with Crippen LogP contribution in [0.3, 0.4) is 0 Å². The summed E-state index contributed by atoms with van der Waals surface area (Å²) in [5, 5.41) is 2.53. The lowest BCUT2D eigenvalue weighted by Gasteiger charge is -2.15. The Kier molecular flexibility index (Phi) is 6.36. The molecule has 132 valence electrons. The van der Waals surface area contributed by atoms with Crippen molar-refractivity contribution in [1.29, 1.82) is 0 Å². The predicted molar refractivity (Wildman–Crippen MR) is 91.2 cm³/mol. The molecule has 0 saturated heterocycles. The molecular formula is C18H17ClFNO4. The first-order chi connectivity index (χ1) is 11.9. The minimum absolute atomic E-state index is 0.0717. The van der Waals surface area contributed by atoms with Crippen molar-refractivity contribution >= 4 is 23.5 Å². The molecule has 0 unspecified atom stereocenters. The zero-order valence-corrected chi connectivity index (χ0v) is 14.5. The van der Waals surface area contributed by atoms with Crippen molar-refractivity contribution < 1.29 is 23.5 Å². The molecular weight excluding hydrogens is 349 g/mol. The molecule has 25 heavy (non-hydrogen) atoms. The van der Waals surface area contributed by atoms with E-state index in [0.717, 1.165) is 17.7 Å². The van der Waals surface area contributed by atoms with Gasteiger partial charge in [-0.25, -0.2) is 9.18 Å². The molecule has 1 N–H and O–H groups in total. The first-order valence-electron chi connectivity index (χ1n) is 7.46. The molecule has 0 heterocycles. The van der Waals surface area contributed by atoms with E-state index in [4.69, 9.17) is 21.1 Å². The number of rotatable bonds is 6. The van der Waals surface area contributed by atoms with E-state index in [9.17, 15) is 14.0 Å². The van der Waals surface area contributed by atoms with Crippen molar-refractivity contribution in [1.82, 2.24) is 5.32 Å². The maximum absolute atomic E-state index is 13.1. The summed E-state index contributed by atoms with van der Waals surface area (Å²) in [6, 6.07) is 10.4. The van der Waals surface area contributed by atoms with Crippen LogP contribution in [0.1, 0.15) is 28.9 Å². The van der Waals surface area contributed by atoms with Crippen molar-refractivity contribution in [2.24, 2.45) is 0 Å². The van der Waals surface area contributed by atoms with Gasteiger partial charge in [0.05, 0.1) is 23.7 Å². The van der Waals surface area contributed by atoms with E-state index in [1.54, 1.807) is 26.2 Å². The van der Waals surface area contributed by atoms with Gasteiger partial charge in [-0.05, 0) is 42.8 Å². The number of esters is 1. The second kappa shape index (κ2) is 8.48. The molecule has 0 bridgehead atoms. The molecule has 2 rings (SSSR count). The van der Waals surface area contributed by atoms with Gasteiger partial charge in [0.15, 0.2) is 6.61 Å². The highest BCUT2D eigenvalue weighted by molar-refractivity contribution is 6.31. The van der Waals surface area contributed by atoms with Gasteiger partial charge < -0.3 is 14.8 Å². The van der Waals surface area contributed by atoms with Crippen LogP contribution in [-0.4, -0.2) is 25.6 Å². The summed E-state index contributed by atoms with van der Waals surface area (Å²) in [4.78, 5) is 23.7. The molecule has 0 aliphatic rings. The van der Waals surface area contributed by atoms with Gasteiger partial charge >= 0.3 is 5.97 Å². The molecule has 0 spiro atoms. The molecule has 1 amide bonds. The smallest absolute Gasteiger partial charge is 0.338 e. The summed E-state index contributed by atoms with van der Waals surface area (Å²) >= 11 is 5.61. The first kappa shape index (κ1) is 18.7. The predicted octanol–water partition coefficient (Wildman–Crippen LogP) is 3.52. The van der Waals surface area contributed by atoms with Crippen molar-refractivity contribution in [3.63, 3.8) is 0 Å². The first-order valence-corrected chi connectivity index (χ1v) is 7.84. The number of methoxy groups -OCH3 is 1. The van der Waals surface area contributed by atoms with E-state index < -0.39 is 24.3 Å². The van der Waals surface area contributed by atoms with Gasteiger partial charge in [0.1, 0.15) is 11.6 Å². The average Bonchev–Trinajstić information content (AvgIpc) is 2.62. The van der Waals surface area contributed by atoms with E-state index in [2.05, 4.69) is 5.32 Å². The second-order valence-electron chi connectivity index (χ2n) is 5.27. The molecule has 0 aromatic heterocycles. The molecule has 5 nitrogen and oxygen atoms in total. The number of carbonyl (C=O) groups is 2. The molecule has 0 saturated carbocycles. The monoisotopic (exact) mass is 365 g/mol. The zero-order valence-electron chi connectivity index (χ0n) is 13.7. The quantitative estimate of drug-likeness (QED) is 0.795. The number of carbonyl (C=O) groups excluding carboxylic acids is 2. The number of benzene rings is 2. The van der Waals surface area contributed by atoms with Crippen LogP contribution in [0.2, 0.25) is 5.02 Å². The number of ether oxygens (including phenoxy) is 2. The van der Waals surface area contributed by atoms with E-state index in [0.29, 0.717) is 5.75 Å². The Bertz CT molecular complexity index is 764. The molecule has 2 aromatic rings. The third-order valence-corrected chi connectivity index (χ3v) is 3.77. The highest BCUT2D eigenvalue weighted by Gasteiger charge is 2.14.